The van der Waals surface area contributed by atoms with Crippen LogP contribution in [-0.4, -0.2) is 20.8 Å². The van der Waals surface area contributed by atoms with Crippen LogP contribution in [0.25, 0.3) is 10.9 Å². The number of rotatable bonds is 7. The van der Waals surface area contributed by atoms with Crippen molar-refractivity contribution in [3.05, 3.63) is 109 Å². The second-order valence-electron chi connectivity index (χ2n) is 9.35. The first kappa shape index (κ1) is 26.1. The Balaban J connectivity index is 1.51. The molecule has 0 amide bonds. The Morgan fingerprint density at radius 1 is 1.15 bits per heavy atom. The van der Waals surface area contributed by atoms with E-state index >= 15 is 0 Å². The van der Waals surface area contributed by atoms with Crippen LogP contribution < -0.4 is 10.3 Å². The lowest BCUT2D eigenvalue weighted by molar-refractivity contribution is -0.385. The molecule has 3 aromatic carbocycles. The van der Waals surface area contributed by atoms with Crippen molar-refractivity contribution >= 4 is 34.4 Å². The van der Waals surface area contributed by atoms with Crippen LogP contribution in [0.3, 0.4) is 0 Å². The molecule has 0 unspecified atom stereocenters. The number of para-hydroxylation sites is 1. The van der Waals surface area contributed by atoms with Gasteiger partial charge in [-0.25, -0.2) is 4.98 Å². The van der Waals surface area contributed by atoms with E-state index in [0.717, 1.165) is 32.1 Å². The molecule has 1 fully saturated rings. The molecule has 0 N–H and O–H groups in total. The molecule has 0 saturated heterocycles. The molecule has 1 aromatic heterocycles. The largest absolute Gasteiger partial charge is 0.481 e. The number of hydrogen-bond acceptors (Lipinski definition) is 7. The van der Waals surface area contributed by atoms with Crippen molar-refractivity contribution in [1.29, 1.82) is 5.26 Å². The zero-order valence-corrected chi connectivity index (χ0v) is 21.7. The molecule has 1 aliphatic carbocycles. The average Bonchev–Trinajstić information content (AvgIpc) is 2.96. The van der Waals surface area contributed by atoms with Gasteiger partial charge in [0.2, 0.25) is 5.75 Å². The van der Waals surface area contributed by atoms with E-state index in [4.69, 9.17) is 21.3 Å². The molecule has 4 aromatic rings. The van der Waals surface area contributed by atoms with Crippen LogP contribution in [-0.2, 0) is 6.61 Å². The van der Waals surface area contributed by atoms with Crippen molar-refractivity contribution in [3.63, 3.8) is 0 Å². The van der Waals surface area contributed by atoms with Crippen molar-refractivity contribution in [2.75, 3.05) is 0 Å². The van der Waals surface area contributed by atoms with Gasteiger partial charge >= 0.3 is 5.69 Å². The maximum absolute atomic E-state index is 13.4. The number of nitrogens with zero attached hydrogens (tertiary/aromatic N) is 5. The molecule has 0 spiro atoms. The van der Waals surface area contributed by atoms with Gasteiger partial charge < -0.3 is 4.74 Å². The van der Waals surface area contributed by atoms with Crippen molar-refractivity contribution < 1.29 is 9.66 Å². The van der Waals surface area contributed by atoms with Gasteiger partial charge in [0.15, 0.2) is 0 Å². The highest BCUT2D eigenvalue weighted by molar-refractivity contribution is 6.32. The third-order valence-electron chi connectivity index (χ3n) is 6.82. The minimum atomic E-state index is -0.591. The molecule has 0 radical (unpaired) electrons. The summed E-state index contributed by atoms with van der Waals surface area (Å²) in [4.78, 5) is 29.5. The van der Waals surface area contributed by atoms with Crippen molar-refractivity contribution in [1.82, 2.24) is 9.66 Å². The molecular weight excluding hydrogens is 518 g/mol. The quantitative estimate of drug-likeness (QED) is 0.153. The molecule has 5 rings (SSSR count). The van der Waals surface area contributed by atoms with Gasteiger partial charge in [0.25, 0.3) is 5.56 Å². The normalized spacial score (nSPS) is 13.9. The fraction of sp³-hybridized carbons (Fsp3) is 0.241. The van der Waals surface area contributed by atoms with E-state index in [2.05, 4.69) is 11.2 Å². The number of nitriles is 1. The lowest BCUT2D eigenvalue weighted by atomic mass is 9.88. The number of ether oxygens (including phenoxy) is 1. The number of hydrogen-bond donors (Lipinski definition) is 0. The predicted octanol–water partition coefficient (Wildman–Crippen LogP) is 6.34. The van der Waals surface area contributed by atoms with Crippen LogP contribution >= 0.6 is 11.6 Å². The van der Waals surface area contributed by atoms with E-state index in [1.165, 1.54) is 23.0 Å². The third-order valence-corrected chi connectivity index (χ3v) is 7.11. The summed E-state index contributed by atoms with van der Waals surface area (Å²) < 4.78 is 7.01. The van der Waals surface area contributed by atoms with Crippen molar-refractivity contribution in [2.45, 2.75) is 44.6 Å². The van der Waals surface area contributed by atoms with Gasteiger partial charge in [-0.3, -0.25) is 14.9 Å². The first-order valence-corrected chi connectivity index (χ1v) is 13.0. The Labute approximate surface area is 229 Å². The molecule has 1 heterocycles. The highest BCUT2D eigenvalue weighted by Crippen LogP contribution is 2.37. The standard InChI is InChI=1S/C29H24ClN5O4/c30-24-14-19(15-26(35(37)38)27(24)39-18-22-11-5-4-10-21(22)16-31)17-32-34-28(20-8-2-1-3-9-20)33-25-13-7-6-12-23(25)29(34)36/h4-7,10-15,17,20H,1-3,8-9,18H2. The molecule has 10 heteroatoms. The van der Waals surface area contributed by atoms with Crippen molar-refractivity contribution in [3.8, 4) is 11.8 Å². The summed E-state index contributed by atoms with van der Waals surface area (Å²) >= 11 is 6.43. The molecule has 0 bridgehead atoms. The minimum Gasteiger partial charge on any atom is -0.481 e. The van der Waals surface area contributed by atoms with Gasteiger partial charge in [-0.05, 0) is 37.1 Å². The fourth-order valence-electron chi connectivity index (χ4n) is 4.86. The molecular formula is C29H24ClN5O4. The molecule has 0 aliphatic heterocycles. The van der Waals surface area contributed by atoms with E-state index in [1.807, 2.05) is 12.1 Å². The van der Waals surface area contributed by atoms with Gasteiger partial charge in [-0.15, -0.1) is 0 Å². The van der Waals surface area contributed by atoms with Crippen LogP contribution in [0.5, 0.6) is 5.75 Å². The van der Waals surface area contributed by atoms with Crippen LogP contribution in [0, 0.1) is 21.4 Å². The SMILES string of the molecule is N#Cc1ccccc1COc1c(Cl)cc(C=Nn2c(C3CCCCC3)nc3ccccc3c2=O)cc1[N+](=O)[O-]. The van der Waals surface area contributed by atoms with Gasteiger partial charge in [0.05, 0.1) is 38.7 Å². The first-order chi connectivity index (χ1) is 19.0. The summed E-state index contributed by atoms with van der Waals surface area (Å²) in [5, 5.41) is 26.1. The molecule has 9 nitrogen and oxygen atoms in total. The second-order valence-corrected chi connectivity index (χ2v) is 9.76. The molecule has 0 atom stereocenters. The molecule has 39 heavy (non-hydrogen) atoms. The highest BCUT2D eigenvalue weighted by atomic mass is 35.5. The zero-order chi connectivity index (χ0) is 27.4. The van der Waals surface area contributed by atoms with Gasteiger partial charge in [0, 0.05) is 23.1 Å². The van der Waals surface area contributed by atoms with Crippen LogP contribution in [0.2, 0.25) is 5.02 Å². The first-order valence-electron chi connectivity index (χ1n) is 12.6. The summed E-state index contributed by atoms with van der Waals surface area (Å²) in [5.74, 6) is 0.573. The number of nitro groups is 1. The van der Waals surface area contributed by atoms with Gasteiger partial charge in [-0.2, -0.15) is 15.0 Å². The average molecular weight is 542 g/mol. The minimum absolute atomic E-state index is 0.0107. The lowest BCUT2D eigenvalue weighted by Gasteiger charge is -2.22. The smallest absolute Gasteiger partial charge is 0.313 e. The number of fused-ring (bicyclic) bond motifs is 1. The van der Waals surface area contributed by atoms with E-state index < -0.39 is 4.92 Å². The Morgan fingerprint density at radius 2 is 1.90 bits per heavy atom. The second kappa shape index (κ2) is 11.5. The van der Waals surface area contributed by atoms with Gasteiger partial charge in [-0.1, -0.05) is 61.2 Å². The summed E-state index contributed by atoms with van der Waals surface area (Å²) in [7, 11) is 0. The topological polar surface area (TPSA) is 123 Å². The van der Waals surface area contributed by atoms with Crippen molar-refractivity contribution in [2.24, 2.45) is 5.10 Å². The maximum Gasteiger partial charge on any atom is 0.313 e. The monoisotopic (exact) mass is 541 g/mol. The summed E-state index contributed by atoms with van der Waals surface area (Å²) in [6, 6.07) is 18.8. The Morgan fingerprint density at radius 3 is 2.67 bits per heavy atom. The molecule has 1 aliphatic rings. The number of aromatic nitrogens is 2. The lowest BCUT2D eigenvalue weighted by Crippen LogP contribution is -2.25. The Kier molecular flexibility index (Phi) is 7.66. The van der Waals surface area contributed by atoms with E-state index in [-0.39, 0.29) is 34.5 Å². The van der Waals surface area contributed by atoms with Crippen LogP contribution in [0.4, 0.5) is 5.69 Å². The Hall–Kier alpha value is -4.55. The molecule has 196 valence electrons. The highest BCUT2D eigenvalue weighted by Gasteiger charge is 2.23. The van der Waals surface area contributed by atoms with Crippen LogP contribution in [0.1, 0.15) is 60.5 Å². The number of benzene rings is 3. The maximum atomic E-state index is 13.4. The fourth-order valence-corrected chi connectivity index (χ4v) is 5.14. The number of halogens is 1. The zero-order valence-electron chi connectivity index (χ0n) is 20.9. The van der Waals surface area contributed by atoms with Gasteiger partial charge in [0.1, 0.15) is 12.4 Å². The van der Waals surface area contributed by atoms with E-state index in [1.54, 1.807) is 36.4 Å². The van der Waals surface area contributed by atoms with Crippen LogP contribution in [0.15, 0.2) is 70.6 Å². The molecule has 1 saturated carbocycles. The predicted molar refractivity (Wildman–Crippen MR) is 148 cm³/mol. The Bertz CT molecular complexity index is 1690. The third kappa shape index (κ3) is 5.52. The summed E-state index contributed by atoms with van der Waals surface area (Å²) in [5.41, 5.74) is 1.28. The van der Waals surface area contributed by atoms with E-state index in [9.17, 15) is 20.2 Å². The summed E-state index contributed by atoms with van der Waals surface area (Å²) in [6.45, 7) is -0.0688. The number of nitro benzene ring substituents is 1. The van der Waals surface area contributed by atoms with E-state index in [0.29, 0.717) is 33.4 Å². The summed E-state index contributed by atoms with van der Waals surface area (Å²) in [6.07, 6.45) is 6.46.